The second kappa shape index (κ2) is 11.1. The first kappa shape index (κ1) is 25.0. The summed E-state index contributed by atoms with van der Waals surface area (Å²) in [6.45, 7) is 8.24. The minimum absolute atomic E-state index is 0.0340. The molecule has 4 aromatic rings. The lowest BCUT2D eigenvalue weighted by molar-refractivity contribution is 0.0611. The van der Waals surface area contributed by atoms with Gasteiger partial charge in [0.15, 0.2) is 0 Å². The molecule has 0 aliphatic rings. The van der Waals surface area contributed by atoms with Crippen molar-refractivity contribution < 1.29 is 4.79 Å². The number of aromatic nitrogens is 1. The summed E-state index contributed by atoms with van der Waals surface area (Å²) < 4.78 is 2.34. The van der Waals surface area contributed by atoms with Crippen molar-refractivity contribution in [1.29, 1.82) is 0 Å². The van der Waals surface area contributed by atoms with Gasteiger partial charge in [-0.15, -0.1) is 0 Å². The Morgan fingerprint density at radius 2 is 1.71 bits per heavy atom. The van der Waals surface area contributed by atoms with Crippen LogP contribution in [-0.4, -0.2) is 28.5 Å². The van der Waals surface area contributed by atoms with Gasteiger partial charge in [0, 0.05) is 40.3 Å². The summed E-state index contributed by atoms with van der Waals surface area (Å²) in [6.07, 6.45) is 0.742. The molecular formula is C30H34ClN3O. The molecule has 0 bridgehead atoms. The van der Waals surface area contributed by atoms with Crippen LogP contribution in [0.15, 0.2) is 78.9 Å². The van der Waals surface area contributed by atoms with Crippen LogP contribution in [0.1, 0.15) is 53.5 Å². The number of fused-ring (bicyclic) bond motifs is 1. The van der Waals surface area contributed by atoms with E-state index in [0.29, 0.717) is 30.2 Å². The number of halogens is 1. The van der Waals surface area contributed by atoms with Crippen LogP contribution in [0.4, 0.5) is 0 Å². The van der Waals surface area contributed by atoms with Crippen LogP contribution in [0.5, 0.6) is 0 Å². The zero-order valence-electron chi connectivity index (χ0n) is 20.7. The summed E-state index contributed by atoms with van der Waals surface area (Å²) in [5.41, 5.74) is 11.2. The van der Waals surface area contributed by atoms with Gasteiger partial charge >= 0.3 is 0 Å². The van der Waals surface area contributed by atoms with Crippen LogP contribution in [-0.2, 0) is 6.54 Å². The summed E-state index contributed by atoms with van der Waals surface area (Å²) in [5.74, 6) is 0.225. The van der Waals surface area contributed by atoms with Crippen molar-refractivity contribution in [1.82, 2.24) is 9.47 Å². The van der Waals surface area contributed by atoms with Gasteiger partial charge in [0.25, 0.3) is 5.91 Å². The lowest BCUT2D eigenvalue weighted by Gasteiger charge is -2.36. The fourth-order valence-corrected chi connectivity index (χ4v) is 4.98. The van der Waals surface area contributed by atoms with Gasteiger partial charge in [0.2, 0.25) is 0 Å². The first-order valence-corrected chi connectivity index (χ1v) is 12.7. The van der Waals surface area contributed by atoms with E-state index >= 15 is 0 Å². The maximum absolute atomic E-state index is 13.9. The molecule has 0 fully saturated rings. The third-order valence-electron chi connectivity index (χ3n) is 6.51. The van der Waals surface area contributed by atoms with Crippen molar-refractivity contribution in [3.8, 4) is 0 Å². The average molecular weight is 488 g/mol. The van der Waals surface area contributed by atoms with Gasteiger partial charge in [0.05, 0.1) is 6.04 Å². The molecule has 1 amide bonds. The molecular weight excluding hydrogens is 454 g/mol. The first-order chi connectivity index (χ1) is 16.9. The third kappa shape index (κ3) is 5.61. The molecule has 0 spiro atoms. The highest BCUT2D eigenvalue weighted by Crippen LogP contribution is 2.35. The van der Waals surface area contributed by atoms with E-state index in [1.165, 1.54) is 5.56 Å². The molecule has 4 nitrogen and oxygen atoms in total. The van der Waals surface area contributed by atoms with E-state index in [9.17, 15) is 4.79 Å². The number of benzene rings is 3. The normalized spacial score (nSPS) is 12.3. The van der Waals surface area contributed by atoms with Crippen molar-refractivity contribution in [3.63, 3.8) is 0 Å². The highest BCUT2D eigenvalue weighted by atomic mass is 35.5. The summed E-state index contributed by atoms with van der Waals surface area (Å²) in [6, 6.07) is 26.4. The highest BCUT2D eigenvalue weighted by Gasteiger charge is 2.31. The number of nitrogens with two attached hydrogens (primary N) is 1. The van der Waals surface area contributed by atoms with Gasteiger partial charge in [-0.25, -0.2) is 0 Å². The van der Waals surface area contributed by atoms with E-state index in [2.05, 4.69) is 54.8 Å². The predicted molar refractivity (Wildman–Crippen MR) is 146 cm³/mol. The summed E-state index contributed by atoms with van der Waals surface area (Å²) in [7, 11) is 0. The summed E-state index contributed by atoms with van der Waals surface area (Å²) >= 11 is 6.37. The largest absolute Gasteiger partial charge is 0.338 e. The quantitative estimate of drug-likeness (QED) is 0.281. The minimum atomic E-state index is -0.120. The molecule has 2 N–H and O–H groups in total. The van der Waals surface area contributed by atoms with Crippen LogP contribution in [0.25, 0.3) is 10.9 Å². The molecule has 0 radical (unpaired) electrons. The van der Waals surface area contributed by atoms with Crippen LogP contribution < -0.4 is 5.73 Å². The molecule has 1 heterocycles. The van der Waals surface area contributed by atoms with E-state index in [1.807, 2.05) is 54.3 Å². The number of amides is 1. The zero-order chi connectivity index (χ0) is 24.9. The second-order valence-electron chi connectivity index (χ2n) is 9.54. The van der Waals surface area contributed by atoms with Crippen LogP contribution in [0.3, 0.4) is 0 Å². The maximum Gasteiger partial charge on any atom is 0.254 e. The molecule has 4 rings (SSSR count). The van der Waals surface area contributed by atoms with E-state index in [4.69, 9.17) is 17.3 Å². The molecule has 182 valence electrons. The van der Waals surface area contributed by atoms with E-state index in [-0.39, 0.29) is 17.9 Å². The maximum atomic E-state index is 13.9. The fourth-order valence-electron chi connectivity index (χ4n) is 4.80. The molecule has 0 aliphatic heterocycles. The monoisotopic (exact) mass is 487 g/mol. The Bertz CT molecular complexity index is 1280. The van der Waals surface area contributed by atoms with E-state index in [1.54, 1.807) is 0 Å². The lowest BCUT2D eigenvalue weighted by Crippen LogP contribution is -2.39. The fraction of sp³-hybridized carbons (Fsp3) is 0.300. The molecule has 35 heavy (non-hydrogen) atoms. The van der Waals surface area contributed by atoms with E-state index < -0.39 is 0 Å². The van der Waals surface area contributed by atoms with Crippen LogP contribution in [0.2, 0.25) is 5.02 Å². The number of nitrogens with zero attached hydrogens (tertiary/aromatic N) is 2. The molecule has 0 saturated heterocycles. The predicted octanol–water partition coefficient (Wildman–Crippen LogP) is 6.84. The number of carbonyl (C=O) groups excluding carboxylic acids is 1. The van der Waals surface area contributed by atoms with Crippen molar-refractivity contribution in [3.05, 3.63) is 106 Å². The third-order valence-corrected chi connectivity index (χ3v) is 6.75. The van der Waals surface area contributed by atoms with Crippen LogP contribution >= 0.6 is 11.6 Å². The van der Waals surface area contributed by atoms with E-state index in [0.717, 1.165) is 28.6 Å². The van der Waals surface area contributed by atoms with Gasteiger partial charge in [-0.2, -0.15) is 0 Å². The van der Waals surface area contributed by atoms with Gasteiger partial charge in [-0.05, 0) is 67.8 Å². The summed E-state index contributed by atoms with van der Waals surface area (Å²) in [4.78, 5) is 15.9. The molecule has 5 heteroatoms. The molecule has 3 aromatic carbocycles. The second-order valence-corrected chi connectivity index (χ2v) is 9.98. The first-order valence-electron chi connectivity index (χ1n) is 12.3. The standard InChI is InChI=1S/C30H34ClN3O/c1-21(2)29(33(17-7-16-32)30(35)24-12-10-22(3)11-13-24)28-19-25-18-26(31)14-15-27(25)34(28)20-23-8-5-4-6-9-23/h4-6,8-15,18-19,21,29H,7,16-17,20,32H2,1-3H3. The van der Waals surface area contributed by atoms with Crippen molar-refractivity contribution in [2.75, 3.05) is 13.1 Å². The van der Waals surface area contributed by atoms with Gasteiger partial charge < -0.3 is 15.2 Å². The lowest BCUT2D eigenvalue weighted by atomic mass is 9.96. The molecule has 1 aromatic heterocycles. The van der Waals surface area contributed by atoms with Gasteiger partial charge in [0.1, 0.15) is 0 Å². The topological polar surface area (TPSA) is 51.3 Å². The Morgan fingerprint density at radius 3 is 2.37 bits per heavy atom. The number of carbonyl (C=O) groups is 1. The Labute approximate surface area is 213 Å². The number of hydrogen-bond donors (Lipinski definition) is 1. The SMILES string of the molecule is Cc1ccc(C(=O)N(CCCN)C(c2cc3cc(Cl)ccc3n2Cc2ccccc2)C(C)C)cc1. The Kier molecular flexibility index (Phi) is 7.94. The molecule has 0 saturated carbocycles. The van der Waals surface area contributed by atoms with Gasteiger partial charge in [-0.3, -0.25) is 4.79 Å². The van der Waals surface area contributed by atoms with Gasteiger partial charge in [-0.1, -0.05) is 73.5 Å². The Balaban J connectivity index is 1.85. The molecule has 0 aliphatic carbocycles. The van der Waals surface area contributed by atoms with Crippen molar-refractivity contribution in [2.45, 2.75) is 39.8 Å². The number of rotatable bonds is 9. The van der Waals surface area contributed by atoms with Crippen molar-refractivity contribution >= 4 is 28.4 Å². The zero-order valence-corrected chi connectivity index (χ0v) is 21.5. The minimum Gasteiger partial charge on any atom is -0.338 e. The highest BCUT2D eigenvalue weighted by molar-refractivity contribution is 6.31. The van der Waals surface area contributed by atoms with Crippen LogP contribution in [0, 0.1) is 12.8 Å². The molecule has 1 unspecified atom stereocenters. The Morgan fingerprint density at radius 1 is 1.00 bits per heavy atom. The summed E-state index contributed by atoms with van der Waals surface area (Å²) in [5, 5.41) is 1.79. The number of hydrogen-bond acceptors (Lipinski definition) is 2. The molecule has 1 atom stereocenters. The average Bonchev–Trinajstić information content (AvgIpc) is 3.18. The smallest absolute Gasteiger partial charge is 0.254 e. The van der Waals surface area contributed by atoms with Crippen molar-refractivity contribution in [2.24, 2.45) is 11.7 Å². The Hall–Kier alpha value is -3.08. The number of aryl methyl sites for hydroxylation is 1.